The lowest BCUT2D eigenvalue weighted by atomic mass is 10.2. The summed E-state index contributed by atoms with van der Waals surface area (Å²) in [6.45, 7) is 5.18. The first kappa shape index (κ1) is 19.5. The van der Waals surface area contributed by atoms with E-state index in [4.69, 9.17) is 4.74 Å². The Morgan fingerprint density at radius 3 is 2.86 bits per heavy atom. The maximum absolute atomic E-state index is 12.5. The third-order valence-electron chi connectivity index (χ3n) is 4.72. The third-order valence-corrected chi connectivity index (χ3v) is 4.72. The van der Waals surface area contributed by atoms with Gasteiger partial charge in [-0.2, -0.15) is 5.10 Å². The Kier molecular flexibility index (Phi) is 5.98. The molecule has 2 heterocycles. The van der Waals surface area contributed by atoms with E-state index in [0.717, 1.165) is 22.8 Å². The first-order valence-electron chi connectivity index (χ1n) is 9.17. The van der Waals surface area contributed by atoms with Crippen molar-refractivity contribution in [1.82, 2.24) is 29.5 Å². The number of urea groups is 1. The number of imidazole rings is 1. The number of nitrogens with zero attached hydrogens (tertiary/aromatic N) is 5. The van der Waals surface area contributed by atoms with Gasteiger partial charge >= 0.3 is 6.03 Å². The van der Waals surface area contributed by atoms with Crippen molar-refractivity contribution in [2.75, 3.05) is 20.7 Å². The number of rotatable bonds is 7. The molecule has 1 aromatic carbocycles. The molecule has 2 aromatic heterocycles. The van der Waals surface area contributed by atoms with Gasteiger partial charge in [-0.05, 0) is 26.0 Å². The van der Waals surface area contributed by atoms with Gasteiger partial charge in [0.1, 0.15) is 17.3 Å². The summed E-state index contributed by atoms with van der Waals surface area (Å²) < 4.78 is 9.16. The fourth-order valence-corrected chi connectivity index (χ4v) is 2.89. The lowest BCUT2D eigenvalue weighted by Crippen LogP contribution is -2.40. The molecular weight excluding hydrogens is 356 g/mol. The van der Waals surface area contributed by atoms with E-state index >= 15 is 0 Å². The predicted octanol–water partition coefficient (Wildman–Crippen LogP) is 2.79. The summed E-state index contributed by atoms with van der Waals surface area (Å²) in [5.41, 5.74) is 1.76. The molecule has 28 heavy (non-hydrogen) atoms. The van der Waals surface area contributed by atoms with E-state index in [0.29, 0.717) is 13.1 Å². The molecule has 148 valence electrons. The Bertz CT molecular complexity index is 932. The van der Waals surface area contributed by atoms with E-state index in [-0.39, 0.29) is 12.1 Å². The number of likely N-dealkylation sites (N-methyl/N-ethyl adjacent to an activating group) is 1. The number of carbonyl (C=O) groups is 1. The zero-order valence-corrected chi connectivity index (χ0v) is 16.7. The van der Waals surface area contributed by atoms with E-state index < -0.39 is 0 Å². The molecule has 8 heteroatoms. The van der Waals surface area contributed by atoms with Gasteiger partial charge in [-0.25, -0.2) is 14.5 Å². The second-order valence-electron chi connectivity index (χ2n) is 6.65. The van der Waals surface area contributed by atoms with Gasteiger partial charge in [0.15, 0.2) is 0 Å². The van der Waals surface area contributed by atoms with Crippen LogP contribution >= 0.6 is 0 Å². The molecule has 1 atom stereocenters. The second kappa shape index (κ2) is 8.60. The Morgan fingerprint density at radius 2 is 2.14 bits per heavy atom. The second-order valence-corrected chi connectivity index (χ2v) is 6.65. The number of hydrogen-bond acceptors (Lipinski definition) is 4. The highest BCUT2D eigenvalue weighted by atomic mass is 16.5. The molecule has 0 spiro atoms. The van der Waals surface area contributed by atoms with E-state index in [9.17, 15) is 4.79 Å². The van der Waals surface area contributed by atoms with Gasteiger partial charge in [0.25, 0.3) is 0 Å². The van der Waals surface area contributed by atoms with Crippen molar-refractivity contribution in [1.29, 1.82) is 0 Å². The van der Waals surface area contributed by atoms with E-state index in [1.54, 1.807) is 36.1 Å². The predicted molar refractivity (Wildman–Crippen MR) is 107 cm³/mol. The van der Waals surface area contributed by atoms with Crippen molar-refractivity contribution in [2.45, 2.75) is 26.4 Å². The average molecular weight is 382 g/mol. The summed E-state index contributed by atoms with van der Waals surface area (Å²) in [5, 5.41) is 7.42. The van der Waals surface area contributed by atoms with Crippen molar-refractivity contribution in [3.63, 3.8) is 0 Å². The molecule has 1 N–H and O–H groups in total. The SMILES string of the molecule is COc1ccccc1-n1cc([C@@H](C)NC(=O)N(C)CCn2ccnc2C)cn1. The number of benzene rings is 1. The standard InChI is InChI=1S/C20H26N6O2/c1-15(23-20(27)24(3)11-12-25-10-9-21-16(25)2)17-13-22-26(14-17)18-7-5-6-8-19(18)28-4/h5-10,13-15H,11-12H2,1-4H3,(H,23,27)/t15-/m1/s1. The summed E-state index contributed by atoms with van der Waals surface area (Å²) in [6.07, 6.45) is 7.33. The molecule has 0 bridgehead atoms. The number of nitrogens with one attached hydrogen (secondary N) is 1. The minimum absolute atomic E-state index is 0.129. The van der Waals surface area contributed by atoms with Crippen molar-refractivity contribution >= 4 is 6.03 Å². The summed E-state index contributed by atoms with van der Waals surface area (Å²) in [6, 6.07) is 7.37. The van der Waals surface area contributed by atoms with Crippen LogP contribution in [0.2, 0.25) is 0 Å². The fraction of sp³-hybridized carbons (Fsp3) is 0.350. The number of para-hydroxylation sites is 2. The number of amides is 2. The Hall–Kier alpha value is -3.29. The van der Waals surface area contributed by atoms with Crippen molar-refractivity contribution in [3.8, 4) is 11.4 Å². The van der Waals surface area contributed by atoms with Crippen LogP contribution < -0.4 is 10.1 Å². The molecule has 0 aliphatic heterocycles. The summed E-state index contributed by atoms with van der Waals surface area (Å²) in [4.78, 5) is 18.4. The topological polar surface area (TPSA) is 77.2 Å². The molecule has 0 saturated heterocycles. The zero-order valence-electron chi connectivity index (χ0n) is 16.7. The van der Waals surface area contributed by atoms with Crippen LogP contribution in [0.5, 0.6) is 5.75 Å². The van der Waals surface area contributed by atoms with Crippen LogP contribution in [0.3, 0.4) is 0 Å². The van der Waals surface area contributed by atoms with Gasteiger partial charge in [0.2, 0.25) is 0 Å². The highest BCUT2D eigenvalue weighted by Gasteiger charge is 2.16. The normalized spacial score (nSPS) is 11.9. The maximum atomic E-state index is 12.5. The van der Waals surface area contributed by atoms with Crippen molar-refractivity contribution < 1.29 is 9.53 Å². The minimum Gasteiger partial charge on any atom is -0.494 e. The van der Waals surface area contributed by atoms with Crippen LogP contribution in [0.4, 0.5) is 4.79 Å². The highest BCUT2D eigenvalue weighted by Crippen LogP contribution is 2.23. The molecule has 0 radical (unpaired) electrons. The molecule has 2 amide bonds. The first-order valence-corrected chi connectivity index (χ1v) is 9.17. The molecule has 3 rings (SSSR count). The Labute approximate surface area is 164 Å². The highest BCUT2D eigenvalue weighted by molar-refractivity contribution is 5.74. The quantitative estimate of drug-likeness (QED) is 0.682. The average Bonchev–Trinajstić information content (AvgIpc) is 3.35. The van der Waals surface area contributed by atoms with Gasteiger partial charge in [0, 0.05) is 44.3 Å². The molecule has 0 aliphatic carbocycles. The van der Waals surface area contributed by atoms with Gasteiger partial charge in [-0.3, -0.25) is 0 Å². The van der Waals surface area contributed by atoms with E-state index in [2.05, 4.69) is 15.4 Å². The molecular formula is C20H26N6O2. The largest absolute Gasteiger partial charge is 0.494 e. The fourth-order valence-electron chi connectivity index (χ4n) is 2.89. The summed E-state index contributed by atoms with van der Waals surface area (Å²) in [5.74, 6) is 1.68. The number of aryl methyl sites for hydroxylation is 1. The van der Waals surface area contributed by atoms with Crippen LogP contribution in [0.1, 0.15) is 24.4 Å². The van der Waals surface area contributed by atoms with Gasteiger partial charge in [-0.15, -0.1) is 0 Å². The Morgan fingerprint density at radius 1 is 1.36 bits per heavy atom. The smallest absolute Gasteiger partial charge is 0.317 e. The molecule has 8 nitrogen and oxygen atoms in total. The number of aromatic nitrogens is 4. The van der Waals surface area contributed by atoms with Crippen LogP contribution in [-0.4, -0.2) is 51.0 Å². The number of ether oxygens (including phenoxy) is 1. The minimum atomic E-state index is -0.173. The lowest BCUT2D eigenvalue weighted by molar-refractivity contribution is 0.203. The molecule has 0 fully saturated rings. The maximum Gasteiger partial charge on any atom is 0.317 e. The molecule has 3 aromatic rings. The molecule has 0 aliphatic rings. The third kappa shape index (κ3) is 4.33. The van der Waals surface area contributed by atoms with Crippen LogP contribution in [0.15, 0.2) is 49.1 Å². The van der Waals surface area contributed by atoms with Crippen LogP contribution in [0.25, 0.3) is 5.69 Å². The van der Waals surface area contributed by atoms with Gasteiger partial charge in [-0.1, -0.05) is 12.1 Å². The van der Waals surface area contributed by atoms with Crippen molar-refractivity contribution in [2.24, 2.45) is 0 Å². The summed E-state index contributed by atoms with van der Waals surface area (Å²) >= 11 is 0. The zero-order chi connectivity index (χ0) is 20.1. The Balaban J connectivity index is 1.60. The van der Waals surface area contributed by atoms with Crippen molar-refractivity contribution in [3.05, 3.63) is 60.4 Å². The van der Waals surface area contributed by atoms with Gasteiger partial charge in [0.05, 0.1) is 19.3 Å². The van der Waals surface area contributed by atoms with E-state index in [1.165, 1.54) is 0 Å². The van der Waals surface area contributed by atoms with Crippen LogP contribution in [-0.2, 0) is 6.54 Å². The van der Waals surface area contributed by atoms with Gasteiger partial charge < -0.3 is 19.5 Å². The molecule has 0 saturated carbocycles. The lowest BCUT2D eigenvalue weighted by Gasteiger charge is -2.21. The van der Waals surface area contributed by atoms with Crippen LogP contribution in [0, 0.1) is 6.92 Å². The number of methoxy groups -OCH3 is 1. The summed E-state index contributed by atoms with van der Waals surface area (Å²) in [7, 11) is 3.42. The first-order chi connectivity index (χ1) is 13.5. The molecule has 0 unspecified atom stereocenters. The van der Waals surface area contributed by atoms with E-state index in [1.807, 2.05) is 55.1 Å². The number of hydrogen-bond donors (Lipinski definition) is 1. The number of carbonyl (C=O) groups excluding carboxylic acids is 1. The monoisotopic (exact) mass is 382 g/mol.